The highest BCUT2D eigenvalue weighted by molar-refractivity contribution is 14.1. The quantitative estimate of drug-likeness (QED) is 0.716. The lowest BCUT2D eigenvalue weighted by atomic mass is 10.0. The van der Waals surface area contributed by atoms with Crippen molar-refractivity contribution in [1.82, 2.24) is 4.90 Å². The van der Waals surface area contributed by atoms with Gasteiger partial charge in [0, 0.05) is 15.7 Å². The minimum Gasteiger partial charge on any atom is -0.303 e. The Morgan fingerprint density at radius 3 is 2.19 bits per heavy atom. The van der Waals surface area contributed by atoms with Crippen LogP contribution in [0.4, 0.5) is 0 Å². The number of amides is 1. The van der Waals surface area contributed by atoms with Crippen LogP contribution in [0.5, 0.6) is 0 Å². The lowest BCUT2D eigenvalue weighted by Gasteiger charge is -2.19. The minimum atomic E-state index is 0.0422. The first-order valence-corrected chi connectivity index (χ1v) is 7.97. The van der Waals surface area contributed by atoms with E-state index >= 15 is 0 Å². The number of hydrogen-bond acceptors (Lipinski definition) is 1. The normalized spacial score (nSPS) is 16.4. The summed E-state index contributed by atoms with van der Waals surface area (Å²) in [5.74, 6) is 0.0422. The molecule has 3 rings (SSSR count). The van der Waals surface area contributed by atoms with Crippen molar-refractivity contribution in [2.45, 2.75) is 6.54 Å². The summed E-state index contributed by atoms with van der Waals surface area (Å²) in [6, 6.07) is 20.1. The van der Waals surface area contributed by atoms with Gasteiger partial charge < -0.3 is 4.90 Å². The molecule has 0 spiro atoms. The highest BCUT2D eigenvalue weighted by Gasteiger charge is 2.27. The Morgan fingerprint density at radius 2 is 1.57 bits per heavy atom. The Labute approximate surface area is 137 Å². The molecular formula is C18H14INO. The Kier molecular flexibility index (Phi) is 4.20. The predicted molar refractivity (Wildman–Crippen MR) is 93.5 cm³/mol. The number of nitrogens with zero attached hydrogens (tertiary/aromatic N) is 1. The van der Waals surface area contributed by atoms with Crippen LogP contribution in [0.2, 0.25) is 0 Å². The molecule has 2 nitrogen and oxygen atoms in total. The third-order valence-corrected chi connectivity index (χ3v) is 4.06. The van der Waals surface area contributed by atoms with E-state index in [1.54, 1.807) is 6.08 Å². The van der Waals surface area contributed by atoms with Gasteiger partial charge in [0.2, 0.25) is 0 Å². The van der Waals surface area contributed by atoms with Gasteiger partial charge in [-0.15, -0.1) is 0 Å². The van der Waals surface area contributed by atoms with Gasteiger partial charge in [0.1, 0.15) is 0 Å². The smallest absolute Gasteiger partial charge is 0.252 e. The predicted octanol–water partition coefficient (Wildman–Crippen LogP) is 4.39. The van der Waals surface area contributed by atoms with Crippen molar-refractivity contribution in [3.63, 3.8) is 0 Å². The van der Waals surface area contributed by atoms with E-state index in [0.29, 0.717) is 6.54 Å². The van der Waals surface area contributed by atoms with Crippen LogP contribution in [-0.4, -0.2) is 10.8 Å². The maximum atomic E-state index is 12.3. The molecule has 0 aromatic heterocycles. The van der Waals surface area contributed by atoms with Crippen LogP contribution in [-0.2, 0) is 11.3 Å². The maximum absolute atomic E-state index is 12.3. The van der Waals surface area contributed by atoms with Gasteiger partial charge in [0.05, 0.1) is 12.2 Å². The Bertz CT molecular complexity index is 705. The van der Waals surface area contributed by atoms with Crippen molar-refractivity contribution in [2.75, 3.05) is 0 Å². The van der Waals surface area contributed by atoms with Gasteiger partial charge in [0.25, 0.3) is 5.91 Å². The molecule has 0 saturated carbocycles. The molecule has 1 aliphatic rings. The number of carbonyl (C=O) groups excluding carboxylic acids is 1. The molecule has 104 valence electrons. The summed E-state index contributed by atoms with van der Waals surface area (Å²) in [5, 5.41) is 0. The summed E-state index contributed by atoms with van der Waals surface area (Å²) in [6.07, 6.45) is 1.72. The summed E-state index contributed by atoms with van der Waals surface area (Å²) < 4.78 is 1.98. The first-order valence-electron chi connectivity index (χ1n) is 6.73. The van der Waals surface area contributed by atoms with E-state index in [1.165, 1.54) is 0 Å². The third kappa shape index (κ3) is 2.93. The van der Waals surface area contributed by atoms with E-state index in [-0.39, 0.29) is 5.91 Å². The average molecular weight is 387 g/mol. The molecule has 0 bridgehead atoms. The SMILES string of the molecule is O=C1C=C(c2ccccc2)/C(=C\I)N1Cc1ccccc1. The van der Waals surface area contributed by atoms with Crippen molar-refractivity contribution >= 4 is 34.1 Å². The lowest BCUT2D eigenvalue weighted by Crippen LogP contribution is -2.23. The largest absolute Gasteiger partial charge is 0.303 e. The Hall–Kier alpha value is -1.88. The van der Waals surface area contributed by atoms with Crippen molar-refractivity contribution in [3.05, 3.63) is 87.6 Å². The van der Waals surface area contributed by atoms with Crippen LogP contribution < -0.4 is 0 Å². The first kappa shape index (κ1) is 14.1. The van der Waals surface area contributed by atoms with Gasteiger partial charge in [-0.2, -0.15) is 0 Å². The standard InChI is InChI=1S/C18H14INO/c19-12-17-16(15-9-5-2-6-10-15)11-18(21)20(17)13-14-7-3-1-4-8-14/h1-12H,13H2/b17-12+. The fourth-order valence-corrected chi connectivity index (χ4v) is 3.11. The van der Waals surface area contributed by atoms with Gasteiger partial charge in [0.15, 0.2) is 0 Å². The van der Waals surface area contributed by atoms with Crippen molar-refractivity contribution < 1.29 is 4.79 Å². The third-order valence-electron chi connectivity index (χ3n) is 3.47. The second-order valence-electron chi connectivity index (χ2n) is 4.83. The van der Waals surface area contributed by atoms with E-state index in [9.17, 15) is 4.79 Å². The van der Waals surface area contributed by atoms with Crippen molar-refractivity contribution in [1.29, 1.82) is 0 Å². The molecule has 0 unspecified atom stereocenters. The molecule has 0 N–H and O–H groups in total. The van der Waals surface area contributed by atoms with E-state index < -0.39 is 0 Å². The molecule has 1 amide bonds. The molecule has 2 aromatic carbocycles. The number of benzene rings is 2. The van der Waals surface area contributed by atoms with Gasteiger partial charge in [-0.3, -0.25) is 4.79 Å². The number of hydrogen-bond donors (Lipinski definition) is 0. The molecule has 0 fully saturated rings. The number of halogens is 1. The minimum absolute atomic E-state index is 0.0422. The summed E-state index contributed by atoms with van der Waals surface area (Å²) >= 11 is 2.20. The number of rotatable bonds is 3. The fourth-order valence-electron chi connectivity index (χ4n) is 2.44. The molecular weight excluding hydrogens is 373 g/mol. The number of carbonyl (C=O) groups is 1. The van der Waals surface area contributed by atoms with E-state index in [1.807, 2.05) is 69.6 Å². The maximum Gasteiger partial charge on any atom is 0.252 e. The summed E-state index contributed by atoms with van der Waals surface area (Å²) in [4.78, 5) is 14.2. The van der Waals surface area contributed by atoms with Gasteiger partial charge in [-0.25, -0.2) is 0 Å². The molecule has 21 heavy (non-hydrogen) atoms. The molecule has 3 heteroatoms. The van der Waals surface area contributed by atoms with Crippen LogP contribution in [0, 0.1) is 0 Å². The second-order valence-corrected chi connectivity index (χ2v) is 5.45. The van der Waals surface area contributed by atoms with Crippen molar-refractivity contribution in [2.24, 2.45) is 0 Å². The van der Waals surface area contributed by atoms with Gasteiger partial charge in [-0.05, 0) is 11.1 Å². The first-order chi connectivity index (χ1) is 10.3. The van der Waals surface area contributed by atoms with Crippen LogP contribution >= 0.6 is 22.6 Å². The molecule has 0 saturated heterocycles. The van der Waals surface area contributed by atoms with Crippen LogP contribution in [0.3, 0.4) is 0 Å². The molecule has 1 aliphatic heterocycles. The van der Waals surface area contributed by atoms with E-state index in [2.05, 4.69) is 22.6 Å². The Morgan fingerprint density at radius 1 is 0.952 bits per heavy atom. The monoisotopic (exact) mass is 387 g/mol. The number of allylic oxidation sites excluding steroid dienone is 1. The highest BCUT2D eigenvalue weighted by atomic mass is 127. The van der Waals surface area contributed by atoms with Crippen LogP contribution in [0.25, 0.3) is 5.57 Å². The average Bonchev–Trinajstić information content (AvgIpc) is 2.85. The van der Waals surface area contributed by atoms with Crippen LogP contribution in [0.15, 0.2) is 76.5 Å². The molecule has 1 heterocycles. The Balaban J connectivity index is 1.91. The second kappa shape index (κ2) is 6.26. The van der Waals surface area contributed by atoms with E-state index in [4.69, 9.17) is 0 Å². The zero-order valence-electron chi connectivity index (χ0n) is 11.4. The molecule has 2 aromatic rings. The zero-order chi connectivity index (χ0) is 14.7. The molecule has 0 atom stereocenters. The van der Waals surface area contributed by atoms with Crippen LogP contribution in [0.1, 0.15) is 11.1 Å². The fraction of sp³-hybridized carbons (Fsp3) is 0.0556. The summed E-state index contributed by atoms with van der Waals surface area (Å²) in [6.45, 7) is 0.599. The van der Waals surface area contributed by atoms with Crippen molar-refractivity contribution in [3.8, 4) is 0 Å². The van der Waals surface area contributed by atoms with E-state index in [0.717, 1.165) is 22.4 Å². The highest BCUT2D eigenvalue weighted by Crippen LogP contribution is 2.33. The topological polar surface area (TPSA) is 20.3 Å². The van der Waals surface area contributed by atoms with Gasteiger partial charge in [-0.1, -0.05) is 83.3 Å². The lowest BCUT2D eigenvalue weighted by molar-refractivity contribution is -0.123. The molecule has 0 radical (unpaired) electrons. The van der Waals surface area contributed by atoms with Gasteiger partial charge >= 0.3 is 0 Å². The zero-order valence-corrected chi connectivity index (χ0v) is 13.5. The molecule has 0 aliphatic carbocycles. The summed E-state index contributed by atoms with van der Waals surface area (Å²) in [5.41, 5.74) is 4.16. The summed E-state index contributed by atoms with van der Waals surface area (Å²) in [7, 11) is 0.